The molecule has 2 aromatic rings. The second kappa shape index (κ2) is 8.10. The maximum absolute atomic E-state index is 12.7. The molecule has 1 N–H and O–H groups in total. The zero-order valence-corrected chi connectivity index (χ0v) is 17.0. The Morgan fingerprint density at radius 1 is 1.07 bits per heavy atom. The van der Waals surface area contributed by atoms with Gasteiger partial charge in [-0.25, -0.2) is 8.42 Å². The van der Waals surface area contributed by atoms with Gasteiger partial charge >= 0.3 is 0 Å². The molecule has 28 heavy (non-hydrogen) atoms. The number of anilines is 2. The van der Waals surface area contributed by atoms with E-state index in [9.17, 15) is 13.2 Å². The molecular formula is C20H24N2O5S. The highest BCUT2D eigenvalue weighted by atomic mass is 32.2. The third kappa shape index (κ3) is 4.39. The number of hydrogen-bond acceptors (Lipinski definition) is 5. The molecule has 8 heteroatoms. The van der Waals surface area contributed by atoms with Gasteiger partial charge in [-0.2, -0.15) is 0 Å². The Hall–Kier alpha value is -2.74. The Balaban J connectivity index is 1.87. The lowest BCUT2D eigenvalue weighted by Gasteiger charge is -2.25. The average Bonchev–Trinajstić information content (AvgIpc) is 2.68. The van der Waals surface area contributed by atoms with Gasteiger partial charge in [-0.05, 0) is 50.1 Å². The molecule has 150 valence electrons. The Morgan fingerprint density at radius 2 is 1.79 bits per heavy atom. The number of fused-ring (bicyclic) bond motifs is 1. The minimum absolute atomic E-state index is 0.127. The number of rotatable bonds is 6. The van der Waals surface area contributed by atoms with E-state index in [0.29, 0.717) is 36.1 Å². The number of carbonyl (C=O) groups excluding carboxylic acids is 1. The number of aryl methyl sites for hydroxylation is 2. The van der Waals surface area contributed by atoms with E-state index in [2.05, 4.69) is 5.32 Å². The molecule has 1 amide bonds. The highest BCUT2D eigenvalue weighted by Gasteiger charge is 2.25. The fourth-order valence-electron chi connectivity index (χ4n) is 2.88. The van der Waals surface area contributed by atoms with E-state index in [1.54, 1.807) is 25.1 Å². The number of nitrogens with zero attached hydrogens (tertiary/aromatic N) is 1. The van der Waals surface area contributed by atoms with E-state index in [0.717, 1.165) is 15.4 Å². The molecule has 7 nitrogen and oxygen atoms in total. The van der Waals surface area contributed by atoms with Crippen LogP contribution in [0.5, 0.6) is 11.5 Å². The van der Waals surface area contributed by atoms with Gasteiger partial charge in [0.05, 0.1) is 11.4 Å². The summed E-state index contributed by atoms with van der Waals surface area (Å²) < 4.78 is 37.4. The van der Waals surface area contributed by atoms with Crippen molar-refractivity contribution in [1.82, 2.24) is 0 Å². The number of nitrogens with one attached hydrogen (secondary N) is 1. The van der Waals surface area contributed by atoms with Gasteiger partial charge in [0.25, 0.3) is 0 Å². The predicted molar refractivity (Wildman–Crippen MR) is 109 cm³/mol. The van der Waals surface area contributed by atoms with Crippen LogP contribution in [0.15, 0.2) is 36.4 Å². The maximum Gasteiger partial charge on any atom is 0.245 e. The zero-order valence-electron chi connectivity index (χ0n) is 16.2. The number of carbonyl (C=O) groups is 1. The second-order valence-electron chi connectivity index (χ2n) is 6.60. The van der Waals surface area contributed by atoms with Crippen molar-refractivity contribution in [2.24, 2.45) is 0 Å². The van der Waals surface area contributed by atoms with E-state index in [-0.39, 0.29) is 12.3 Å². The fourth-order valence-corrected chi connectivity index (χ4v) is 3.94. The minimum atomic E-state index is -3.67. The van der Waals surface area contributed by atoms with Crippen LogP contribution in [-0.4, -0.2) is 39.8 Å². The van der Waals surface area contributed by atoms with Gasteiger partial charge < -0.3 is 14.8 Å². The molecule has 1 aliphatic heterocycles. The normalized spacial score (nSPS) is 13.1. The first-order valence-electron chi connectivity index (χ1n) is 9.07. The van der Waals surface area contributed by atoms with E-state index in [1.807, 2.05) is 32.0 Å². The van der Waals surface area contributed by atoms with Crippen molar-refractivity contribution in [2.75, 3.05) is 35.1 Å². The van der Waals surface area contributed by atoms with Crippen molar-refractivity contribution in [3.63, 3.8) is 0 Å². The summed E-state index contributed by atoms with van der Waals surface area (Å²) in [6.07, 6.45) is 0. The van der Waals surface area contributed by atoms with Crippen LogP contribution >= 0.6 is 0 Å². The molecule has 1 heterocycles. The largest absolute Gasteiger partial charge is 0.486 e. The van der Waals surface area contributed by atoms with Crippen LogP contribution in [0.25, 0.3) is 0 Å². The Labute approximate surface area is 165 Å². The summed E-state index contributed by atoms with van der Waals surface area (Å²) in [5.41, 5.74) is 2.94. The average molecular weight is 404 g/mol. The van der Waals surface area contributed by atoms with Crippen LogP contribution in [0, 0.1) is 13.8 Å². The molecule has 0 saturated heterocycles. The number of hydrogen-bond donors (Lipinski definition) is 1. The predicted octanol–water partition coefficient (Wildman–Crippen LogP) is 2.87. The van der Waals surface area contributed by atoms with Gasteiger partial charge in [-0.1, -0.05) is 12.1 Å². The fraction of sp³-hybridized carbons (Fsp3) is 0.350. The molecule has 0 saturated carbocycles. The van der Waals surface area contributed by atoms with Crippen molar-refractivity contribution in [2.45, 2.75) is 20.8 Å². The van der Waals surface area contributed by atoms with E-state index < -0.39 is 15.9 Å². The second-order valence-corrected chi connectivity index (χ2v) is 8.78. The summed E-state index contributed by atoms with van der Waals surface area (Å²) in [6, 6.07) is 10.6. The molecule has 0 aliphatic carbocycles. The van der Waals surface area contributed by atoms with Gasteiger partial charge in [-0.15, -0.1) is 0 Å². The van der Waals surface area contributed by atoms with E-state index >= 15 is 0 Å². The van der Waals surface area contributed by atoms with E-state index in [4.69, 9.17) is 9.47 Å². The van der Waals surface area contributed by atoms with Crippen molar-refractivity contribution < 1.29 is 22.7 Å². The summed E-state index contributed by atoms with van der Waals surface area (Å²) in [5, 5.41) is 2.81. The SMILES string of the molecule is CCS(=O)(=O)N(CC(=O)Nc1cc(C)ccc1C)c1ccc2c(c1)OCCO2. The lowest BCUT2D eigenvalue weighted by molar-refractivity contribution is -0.114. The first-order chi connectivity index (χ1) is 13.3. The smallest absolute Gasteiger partial charge is 0.245 e. The topological polar surface area (TPSA) is 84.9 Å². The monoisotopic (exact) mass is 404 g/mol. The summed E-state index contributed by atoms with van der Waals surface area (Å²) in [4.78, 5) is 12.6. The van der Waals surface area contributed by atoms with Gasteiger partial charge in [0.1, 0.15) is 19.8 Å². The summed E-state index contributed by atoms with van der Waals surface area (Å²) in [7, 11) is -3.67. The molecule has 0 aromatic heterocycles. The minimum Gasteiger partial charge on any atom is -0.486 e. The first-order valence-corrected chi connectivity index (χ1v) is 10.7. The van der Waals surface area contributed by atoms with Gasteiger partial charge in [0.15, 0.2) is 11.5 Å². The lowest BCUT2D eigenvalue weighted by Crippen LogP contribution is -2.39. The van der Waals surface area contributed by atoms with Crippen molar-refractivity contribution >= 4 is 27.3 Å². The summed E-state index contributed by atoms with van der Waals surface area (Å²) in [6.45, 7) is 5.87. The van der Waals surface area contributed by atoms with E-state index in [1.165, 1.54) is 0 Å². The third-order valence-electron chi connectivity index (χ3n) is 4.47. The molecule has 2 aromatic carbocycles. The molecule has 0 fully saturated rings. The molecule has 0 radical (unpaired) electrons. The molecule has 0 unspecified atom stereocenters. The number of benzene rings is 2. The standard InChI is InChI=1S/C20H24N2O5S/c1-4-28(24,25)22(16-7-8-18-19(12-16)27-10-9-26-18)13-20(23)21-17-11-14(2)5-6-15(17)3/h5-8,11-12H,4,9-10,13H2,1-3H3,(H,21,23). The summed E-state index contributed by atoms with van der Waals surface area (Å²) >= 11 is 0. The Kier molecular flexibility index (Phi) is 5.79. The van der Waals surface area contributed by atoms with Crippen molar-refractivity contribution in [3.05, 3.63) is 47.5 Å². The Bertz CT molecular complexity index is 988. The third-order valence-corrected chi connectivity index (χ3v) is 6.21. The number of amides is 1. The molecule has 0 bridgehead atoms. The van der Waals surface area contributed by atoms with Crippen LogP contribution < -0.4 is 19.1 Å². The molecule has 1 aliphatic rings. The quantitative estimate of drug-likeness (QED) is 0.800. The molecule has 0 spiro atoms. The first kappa shape index (κ1) is 20.0. The van der Waals surface area contributed by atoms with Gasteiger partial charge in [0.2, 0.25) is 15.9 Å². The lowest BCUT2D eigenvalue weighted by atomic mass is 10.1. The number of ether oxygens (including phenoxy) is 2. The zero-order chi connectivity index (χ0) is 20.3. The van der Waals surface area contributed by atoms with Crippen LogP contribution in [0.1, 0.15) is 18.1 Å². The van der Waals surface area contributed by atoms with Gasteiger partial charge in [0, 0.05) is 11.8 Å². The van der Waals surface area contributed by atoms with Crippen molar-refractivity contribution in [1.29, 1.82) is 0 Å². The molecule has 3 rings (SSSR count). The van der Waals surface area contributed by atoms with Crippen LogP contribution in [0.4, 0.5) is 11.4 Å². The maximum atomic E-state index is 12.7. The molecular weight excluding hydrogens is 380 g/mol. The van der Waals surface area contributed by atoms with Gasteiger partial charge in [-0.3, -0.25) is 9.10 Å². The van der Waals surface area contributed by atoms with Crippen LogP contribution in [0.3, 0.4) is 0 Å². The molecule has 0 atom stereocenters. The van der Waals surface area contributed by atoms with Crippen molar-refractivity contribution in [3.8, 4) is 11.5 Å². The van der Waals surface area contributed by atoms with Crippen LogP contribution in [0.2, 0.25) is 0 Å². The highest BCUT2D eigenvalue weighted by Crippen LogP contribution is 2.34. The van der Waals surface area contributed by atoms with Crippen LogP contribution in [-0.2, 0) is 14.8 Å². The Morgan fingerprint density at radius 3 is 2.50 bits per heavy atom. The summed E-state index contributed by atoms with van der Waals surface area (Å²) in [5.74, 6) is 0.484. The highest BCUT2D eigenvalue weighted by molar-refractivity contribution is 7.92. The number of sulfonamides is 1.